The number of carbonyl (C=O) groups is 2. The Labute approximate surface area is 118 Å². The maximum atomic E-state index is 13.4. The first kappa shape index (κ1) is 16.9. The van der Waals surface area contributed by atoms with Crippen molar-refractivity contribution < 1.29 is 31.9 Å². The highest BCUT2D eigenvalue weighted by atomic mass is 19.4. The van der Waals surface area contributed by atoms with E-state index in [9.17, 15) is 27.2 Å². The van der Waals surface area contributed by atoms with Gasteiger partial charge in [-0.05, 0) is 25.1 Å². The number of rotatable bonds is 5. The van der Waals surface area contributed by atoms with Crippen LogP contribution in [-0.4, -0.2) is 18.5 Å². The molecule has 0 aliphatic rings. The average molecular weight is 307 g/mol. The predicted molar refractivity (Wildman–Crippen MR) is 65.9 cm³/mol. The van der Waals surface area contributed by atoms with Gasteiger partial charge in [0, 0.05) is 6.42 Å². The molecule has 1 rings (SSSR count). The number of anilines is 1. The highest BCUT2D eigenvalue weighted by Gasteiger charge is 2.31. The average Bonchev–Trinajstić information content (AvgIpc) is 2.38. The van der Waals surface area contributed by atoms with E-state index < -0.39 is 35.1 Å². The van der Waals surface area contributed by atoms with Crippen LogP contribution in [0.25, 0.3) is 0 Å². The van der Waals surface area contributed by atoms with Gasteiger partial charge in [0.1, 0.15) is 5.82 Å². The molecule has 0 heterocycles. The van der Waals surface area contributed by atoms with Crippen LogP contribution >= 0.6 is 0 Å². The van der Waals surface area contributed by atoms with Gasteiger partial charge < -0.3 is 10.1 Å². The van der Waals surface area contributed by atoms with Crippen LogP contribution in [0.3, 0.4) is 0 Å². The van der Waals surface area contributed by atoms with Crippen molar-refractivity contribution in [3.8, 4) is 0 Å². The second-order valence-electron chi connectivity index (χ2n) is 4.05. The van der Waals surface area contributed by atoms with E-state index in [2.05, 4.69) is 4.74 Å². The molecular formula is C13H13F4NO3. The van der Waals surface area contributed by atoms with Gasteiger partial charge in [0.05, 0.1) is 24.3 Å². The van der Waals surface area contributed by atoms with Crippen LogP contribution < -0.4 is 5.32 Å². The topological polar surface area (TPSA) is 55.4 Å². The monoisotopic (exact) mass is 307 g/mol. The van der Waals surface area contributed by atoms with Gasteiger partial charge in [-0.2, -0.15) is 13.2 Å². The quantitative estimate of drug-likeness (QED) is 0.671. The number of hydrogen-bond donors (Lipinski definition) is 1. The summed E-state index contributed by atoms with van der Waals surface area (Å²) in [5, 5.41) is 2.00. The molecule has 8 heteroatoms. The van der Waals surface area contributed by atoms with E-state index in [4.69, 9.17) is 0 Å². The SMILES string of the molecule is CCOC(=O)CCC(=O)Nc1cc(C(F)(F)F)ccc1F. The summed E-state index contributed by atoms with van der Waals surface area (Å²) >= 11 is 0. The summed E-state index contributed by atoms with van der Waals surface area (Å²) in [6, 6.07) is 1.69. The van der Waals surface area contributed by atoms with Gasteiger partial charge in [-0.1, -0.05) is 0 Å². The van der Waals surface area contributed by atoms with Crippen LogP contribution in [0.4, 0.5) is 23.2 Å². The highest BCUT2D eigenvalue weighted by Crippen LogP contribution is 2.31. The third-order valence-electron chi connectivity index (χ3n) is 2.43. The first-order valence-electron chi connectivity index (χ1n) is 6.06. The molecule has 0 aliphatic heterocycles. The van der Waals surface area contributed by atoms with Gasteiger partial charge in [-0.25, -0.2) is 4.39 Å². The first-order valence-corrected chi connectivity index (χ1v) is 6.06. The van der Waals surface area contributed by atoms with Crippen molar-refractivity contribution in [3.05, 3.63) is 29.6 Å². The summed E-state index contributed by atoms with van der Waals surface area (Å²) in [7, 11) is 0. The Morgan fingerprint density at radius 3 is 2.48 bits per heavy atom. The summed E-state index contributed by atoms with van der Waals surface area (Å²) < 4.78 is 55.4. The fraction of sp³-hybridized carbons (Fsp3) is 0.385. The fourth-order valence-corrected chi connectivity index (χ4v) is 1.46. The minimum atomic E-state index is -4.64. The van der Waals surface area contributed by atoms with Gasteiger partial charge in [0.25, 0.3) is 0 Å². The molecule has 1 N–H and O–H groups in total. The zero-order valence-electron chi connectivity index (χ0n) is 11.1. The minimum absolute atomic E-state index is 0.155. The zero-order chi connectivity index (χ0) is 16.0. The number of carbonyl (C=O) groups excluding carboxylic acids is 2. The third-order valence-corrected chi connectivity index (χ3v) is 2.43. The smallest absolute Gasteiger partial charge is 0.416 e. The molecule has 1 aromatic rings. The lowest BCUT2D eigenvalue weighted by Crippen LogP contribution is -2.16. The molecule has 0 aliphatic carbocycles. The molecule has 4 nitrogen and oxygen atoms in total. The lowest BCUT2D eigenvalue weighted by Gasteiger charge is -2.10. The van der Waals surface area contributed by atoms with Gasteiger partial charge in [-0.15, -0.1) is 0 Å². The third kappa shape index (κ3) is 5.41. The molecule has 0 aromatic heterocycles. The Hall–Kier alpha value is -2.12. The Balaban J connectivity index is 2.69. The summed E-state index contributed by atoms with van der Waals surface area (Å²) in [5.74, 6) is -2.38. The van der Waals surface area contributed by atoms with Gasteiger partial charge in [0.2, 0.25) is 5.91 Å². The van der Waals surface area contributed by atoms with E-state index >= 15 is 0 Å². The van der Waals surface area contributed by atoms with E-state index in [-0.39, 0.29) is 19.4 Å². The molecule has 0 spiro atoms. The highest BCUT2D eigenvalue weighted by molar-refractivity contribution is 5.92. The molecular weight excluding hydrogens is 294 g/mol. The molecule has 0 saturated heterocycles. The molecule has 0 radical (unpaired) electrons. The lowest BCUT2D eigenvalue weighted by atomic mass is 10.2. The Morgan fingerprint density at radius 1 is 1.24 bits per heavy atom. The summed E-state index contributed by atoms with van der Waals surface area (Å²) in [4.78, 5) is 22.5. The van der Waals surface area contributed by atoms with Crippen molar-refractivity contribution in [1.82, 2.24) is 0 Å². The van der Waals surface area contributed by atoms with Gasteiger partial charge in [-0.3, -0.25) is 9.59 Å². The van der Waals surface area contributed by atoms with Crippen molar-refractivity contribution in [2.24, 2.45) is 0 Å². The number of halogens is 4. The summed E-state index contributed by atoms with van der Waals surface area (Å²) in [6.07, 6.45) is -5.19. The predicted octanol–water partition coefficient (Wildman–Crippen LogP) is 3.13. The standard InChI is InChI=1S/C13H13F4NO3/c1-2-21-12(20)6-5-11(19)18-10-7-8(13(15,16)17)3-4-9(10)14/h3-4,7H,2,5-6H2,1H3,(H,18,19). The first-order chi connectivity index (χ1) is 9.74. The van der Waals surface area contributed by atoms with Crippen LogP contribution in [-0.2, 0) is 20.5 Å². The molecule has 116 valence electrons. The Morgan fingerprint density at radius 2 is 1.90 bits per heavy atom. The van der Waals surface area contributed by atoms with Gasteiger partial charge >= 0.3 is 12.1 Å². The number of benzene rings is 1. The van der Waals surface area contributed by atoms with E-state index in [0.29, 0.717) is 18.2 Å². The van der Waals surface area contributed by atoms with Crippen molar-refractivity contribution >= 4 is 17.6 Å². The van der Waals surface area contributed by atoms with Crippen molar-refractivity contribution in [3.63, 3.8) is 0 Å². The van der Waals surface area contributed by atoms with Crippen LogP contribution in [0.5, 0.6) is 0 Å². The van der Waals surface area contributed by atoms with Crippen LogP contribution in [0.15, 0.2) is 18.2 Å². The second kappa shape index (κ2) is 7.05. The Kier molecular flexibility index (Phi) is 5.69. The van der Waals surface area contributed by atoms with Crippen LogP contribution in [0.2, 0.25) is 0 Å². The Bertz CT molecular complexity index is 529. The molecule has 0 bridgehead atoms. The number of ether oxygens (including phenoxy) is 1. The van der Waals surface area contributed by atoms with E-state index in [1.165, 1.54) is 0 Å². The number of alkyl halides is 3. The maximum Gasteiger partial charge on any atom is 0.416 e. The molecule has 21 heavy (non-hydrogen) atoms. The van der Waals surface area contributed by atoms with E-state index in [1.54, 1.807) is 6.92 Å². The van der Waals surface area contributed by atoms with Crippen molar-refractivity contribution in [2.75, 3.05) is 11.9 Å². The van der Waals surface area contributed by atoms with Gasteiger partial charge in [0.15, 0.2) is 0 Å². The zero-order valence-corrected chi connectivity index (χ0v) is 11.1. The largest absolute Gasteiger partial charge is 0.466 e. The fourth-order valence-electron chi connectivity index (χ4n) is 1.46. The normalized spacial score (nSPS) is 11.1. The molecule has 0 atom stereocenters. The second-order valence-corrected chi connectivity index (χ2v) is 4.05. The molecule has 0 fully saturated rings. The lowest BCUT2D eigenvalue weighted by molar-refractivity contribution is -0.144. The number of nitrogens with one attached hydrogen (secondary N) is 1. The number of hydrogen-bond acceptors (Lipinski definition) is 3. The van der Waals surface area contributed by atoms with Crippen molar-refractivity contribution in [1.29, 1.82) is 0 Å². The number of esters is 1. The minimum Gasteiger partial charge on any atom is -0.466 e. The maximum absolute atomic E-state index is 13.4. The summed E-state index contributed by atoms with van der Waals surface area (Å²) in [6.45, 7) is 1.75. The molecule has 1 aromatic carbocycles. The van der Waals surface area contributed by atoms with E-state index in [0.717, 1.165) is 0 Å². The molecule has 1 amide bonds. The molecule has 0 saturated carbocycles. The number of amides is 1. The van der Waals surface area contributed by atoms with Crippen molar-refractivity contribution in [2.45, 2.75) is 25.9 Å². The van der Waals surface area contributed by atoms with Crippen LogP contribution in [0.1, 0.15) is 25.3 Å². The van der Waals surface area contributed by atoms with E-state index in [1.807, 2.05) is 5.32 Å². The van der Waals surface area contributed by atoms with Crippen LogP contribution in [0, 0.1) is 5.82 Å². The molecule has 0 unspecified atom stereocenters. The summed E-state index contributed by atoms with van der Waals surface area (Å²) in [5.41, 5.74) is -1.66.